The van der Waals surface area contributed by atoms with Gasteiger partial charge in [0.15, 0.2) is 0 Å². The fourth-order valence-electron chi connectivity index (χ4n) is 2.00. The minimum absolute atomic E-state index is 0.0676. The van der Waals surface area contributed by atoms with Crippen LogP contribution in [0.2, 0.25) is 0 Å². The second-order valence-corrected chi connectivity index (χ2v) is 7.39. The molecule has 8 heteroatoms. The third kappa shape index (κ3) is 9.77. The Bertz CT molecular complexity index is 793. The summed E-state index contributed by atoms with van der Waals surface area (Å²) in [6, 6.07) is 15.7. The Labute approximate surface area is 154 Å². The zero-order valence-corrected chi connectivity index (χ0v) is 15.9. The van der Waals surface area contributed by atoms with Crippen molar-refractivity contribution < 1.29 is 17.7 Å². The molecule has 0 fully saturated rings. The van der Waals surface area contributed by atoms with Crippen LogP contribution in [-0.2, 0) is 23.3 Å². The SMILES string of the molecule is CN(C)Cc1ccc(COc2ccc(C(=N)N)cc2)cc1.CS(=O)(=O)[O-]. The van der Waals surface area contributed by atoms with E-state index in [1.165, 1.54) is 5.56 Å². The highest BCUT2D eigenvalue weighted by Gasteiger charge is 2.00. The van der Waals surface area contributed by atoms with Gasteiger partial charge in [-0.25, -0.2) is 8.42 Å². The zero-order chi connectivity index (χ0) is 19.7. The highest BCUT2D eigenvalue weighted by atomic mass is 32.2. The van der Waals surface area contributed by atoms with E-state index < -0.39 is 10.1 Å². The number of hydrogen-bond donors (Lipinski definition) is 2. The van der Waals surface area contributed by atoms with Gasteiger partial charge in [-0.2, -0.15) is 0 Å². The number of ether oxygens (including phenoxy) is 1. The molecule has 0 unspecified atom stereocenters. The van der Waals surface area contributed by atoms with Crippen molar-refractivity contribution in [3.8, 4) is 5.75 Å². The van der Waals surface area contributed by atoms with Crippen LogP contribution < -0.4 is 10.5 Å². The molecular weight excluding hydrogens is 354 g/mol. The fourth-order valence-corrected chi connectivity index (χ4v) is 2.00. The van der Waals surface area contributed by atoms with Gasteiger partial charge in [-0.3, -0.25) is 5.41 Å². The number of nitrogens with one attached hydrogen (secondary N) is 1. The Morgan fingerprint density at radius 2 is 1.54 bits per heavy atom. The van der Waals surface area contributed by atoms with Gasteiger partial charge < -0.3 is 19.9 Å². The largest absolute Gasteiger partial charge is 0.748 e. The Balaban J connectivity index is 0.000000597. The molecule has 0 spiro atoms. The lowest BCUT2D eigenvalue weighted by molar-refractivity contribution is 0.306. The van der Waals surface area contributed by atoms with Crippen molar-refractivity contribution in [1.82, 2.24) is 4.90 Å². The smallest absolute Gasteiger partial charge is 0.122 e. The average molecular weight is 378 g/mol. The van der Waals surface area contributed by atoms with E-state index in [2.05, 4.69) is 43.3 Å². The van der Waals surface area contributed by atoms with Gasteiger partial charge in [-0.15, -0.1) is 0 Å². The number of amidine groups is 1. The molecule has 7 nitrogen and oxygen atoms in total. The molecule has 142 valence electrons. The standard InChI is InChI=1S/C17H21N3O.CH4O3S/c1-20(2)11-13-3-5-14(6-4-13)12-21-16-9-7-15(8-10-16)17(18)19;1-5(2,3)4/h3-10H,11-12H2,1-2H3,(H3,18,19);1H3,(H,2,3,4)/p-1. The first-order valence-electron chi connectivity index (χ1n) is 7.75. The minimum Gasteiger partial charge on any atom is -0.748 e. The highest BCUT2D eigenvalue weighted by molar-refractivity contribution is 7.84. The quantitative estimate of drug-likeness (QED) is 0.449. The summed E-state index contributed by atoms with van der Waals surface area (Å²) in [5.41, 5.74) is 8.54. The first-order chi connectivity index (χ1) is 12.0. The second kappa shape index (κ2) is 9.91. The van der Waals surface area contributed by atoms with Crippen LogP contribution in [0.1, 0.15) is 16.7 Å². The summed E-state index contributed by atoms with van der Waals surface area (Å²) in [4.78, 5) is 2.14. The van der Waals surface area contributed by atoms with E-state index in [0.717, 1.165) is 17.9 Å². The summed E-state index contributed by atoms with van der Waals surface area (Å²) < 4.78 is 33.0. The van der Waals surface area contributed by atoms with Crippen LogP contribution >= 0.6 is 0 Å². The van der Waals surface area contributed by atoms with Gasteiger partial charge in [0.1, 0.15) is 18.2 Å². The van der Waals surface area contributed by atoms with E-state index in [1.807, 2.05) is 12.1 Å². The molecule has 2 aromatic rings. The third-order valence-electron chi connectivity index (χ3n) is 3.09. The summed E-state index contributed by atoms with van der Waals surface area (Å²) >= 11 is 0. The number of nitrogens with zero attached hydrogens (tertiary/aromatic N) is 1. The van der Waals surface area contributed by atoms with Crippen molar-refractivity contribution in [2.24, 2.45) is 5.73 Å². The van der Waals surface area contributed by atoms with Gasteiger partial charge in [-0.1, -0.05) is 24.3 Å². The van der Waals surface area contributed by atoms with Crippen molar-refractivity contribution >= 4 is 16.0 Å². The number of hydrogen-bond acceptors (Lipinski definition) is 6. The zero-order valence-electron chi connectivity index (χ0n) is 15.1. The molecule has 0 saturated heterocycles. The molecule has 2 rings (SSSR count). The van der Waals surface area contributed by atoms with Crippen molar-refractivity contribution in [2.75, 3.05) is 20.4 Å². The van der Waals surface area contributed by atoms with E-state index in [9.17, 15) is 0 Å². The summed E-state index contributed by atoms with van der Waals surface area (Å²) in [7, 11) is 0.198. The molecule has 0 bridgehead atoms. The molecular formula is C18H24N3O4S-. The molecule has 0 amide bonds. The van der Waals surface area contributed by atoms with Gasteiger partial charge in [0.25, 0.3) is 0 Å². The summed E-state index contributed by atoms with van der Waals surface area (Å²) in [6.07, 6.45) is 0.604. The number of nitrogens with two attached hydrogens (primary N) is 1. The van der Waals surface area contributed by atoms with Gasteiger partial charge in [0.2, 0.25) is 0 Å². The summed E-state index contributed by atoms with van der Waals surface area (Å²) in [5, 5.41) is 7.34. The molecule has 0 saturated carbocycles. The number of rotatable bonds is 6. The summed E-state index contributed by atoms with van der Waals surface area (Å²) in [6.45, 7) is 1.47. The van der Waals surface area contributed by atoms with Crippen molar-refractivity contribution in [1.29, 1.82) is 5.41 Å². The maximum Gasteiger partial charge on any atom is 0.122 e. The van der Waals surface area contributed by atoms with Crippen molar-refractivity contribution in [3.63, 3.8) is 0 Å². The monoisotopic (exact) mass is 378 g/mol. The molecule has 2 aromatic carbocycles. The summed E-state index contributed by atoms with van der Waals surface area (Å²) in [5.74, 6) is 0.843. The van der Waals surface area contributed by atoms with E-state index in [1.54, 1.807) is 12.1 Å². The van der Waals surface area contributed by atoms with Crippen molar-refractivity contribution in [2.45, 2.75) is 13.2 Å². The lowest BCUT2D eigenvalue weighted by Crippen LogP contribution is -2.10. The number of benzene rings is 2. The van der Waals surface area contributed by atoms with Crippen LogP contribution in [0, 0.1) is 5.41 Å². The molecule has 3 N–H and O–H groups in total. The molecule has 0 aliphatic rings. The molecule has 0 aromatic heterocycles. The predicted octanol–water partition coefficient (Wildman–Crippen LogP) is 1.77. The van der Waals surface area contributed by atoms with Crippen LogP contribution in [-0.4, -0.2) is 44.1 Å². The lowest BCUT2D eigenvalue weighted by atomic mass is 10.1. The molecule has 26 heavy (non-hydrogen) atoms. The Hall–Kier alpha value is -2.42. The topological polar surface area (TPSA) is 120 Å². The average Bonchev–Trinajstić information content (AvgIpc) is 2.52. The maximum atomic E-state index is 9.08. The third-order valence-corrected chi connectivity index (χ3v) is 3.09. The first-order valence-corrected chi connectivity index (χ1v) is 9.57. The van der Waals surface area contributed by atoms with E-state index >= 15 is 0 Å². The minimum atomic E-state index is -3.92. The number of nitrogen functional groups attached to an aromatic ring is 1. The highest BCUT2D eigenvalue weighted by Crippen LogP contribution is 2.14. The van der Waals surface area contributed by atoms with Crippen LogP contribution in [0.5, 0.6) is 5.75 Å². The second-order valence-electron chi connectivity index (χ2n) is 5.99. The van der Waals surface area contributed by atoms with Crippen LogP contribution in [0.4, 0.5) is 0 Å². The van der Waals surface area contributed by atoms with Gasteiger partial charge >= 0.3 is 0 Å². The Morgan fingerprint density at radius 1 is 1.08 bits per heavy atom. The van der Waals surface area contributed by atoms with Crippen LogP contribution in [0.3, 0.4) is 0 Å². The van der Waals surface area contributed by atoms with Crippen LogP contribution in [0.15, 0.2) is 48.5 Å². The van der Waals surface area contributed by atoms with E-state index in [0.29, 0.717) is 18.4 Å². The van der Waals surface area contributed by atoms with Gasteiger partial charge in [0.05, 0.1) is 10.1 Å². The molecule has 0 heterocycles. The first kappa shape index (κ1) is 21.6. The normalized spacial score (nSPS) is 10.8. The Morgan fingerprint density at radius 3 is 1.96 bits per heavy atom. The van der Waals surface area contributed by atoms with Gasteiger partial charge in [0, 0.05) is 18.4 Å². The molecule has 0 atom stereocenters. The van der Waals surface area contributed by atoms with E-state index in [4.69, 9.17) is 28.9 Å². The Kier molecular flexibility index (Phi) is 8.24. The van der Waals surface area contributed by atoms with E-state index in [-0.39, 0.29) is 5.84 Å². The molecule has 0 radical (unpaired) electrons. The fraction of sp³-hybridized carbons (Fsp3) is 0.278. The van der Waals surface area contributed by atoms with Gasteiger partial charge in [-0.05, 0) is 49.5 Å². The molecule has 0 aliphatic carbocycles. The van der Waals surface area contributed by atoms with Crippen molar-refractivity contribution in [3.05, 3.63) is 65.2 Å². The lowest BCUT2D eigenvalue weighted by Gasteiger charge is -2.11. The molecule has 0 aliphatic heterocycles. The predicted molar refractivity (Wildman–Crippen MR) is 101 cm³/mol. The van der Waals surface area contributed by atoms with Crippen LogP contribution in [0.25, 0.3) is 0 Å². The maximum absolute atomic E-state index is 9.08.